The van der Waals surface area contributed by atoms with Gasteiger partial charge >= 0.3 is 0 Å². The van der Waals surface area contributed by atoms with Crippen LogP contribution in [0.25, 0.3) is 0 Å². The zero-order chi connectivity index (χ0) is 16.3. The maximum Gasteiger partial charge on any atom is 0.227 e. The van der Waals surface area contributed by atoms with Gasteiger partial charge in [0.25, 0.3) is 0 Å². The average molecular weight is 316 g/mol. The molecule has 0 unspecified atom stereocenters. The first-order valence-corrected chi connectivity index (χ1v) is 8.43. The Morgan fingerprint density at radius 3 is 2.43 bits per heavy atom. The quantitative estimate of drug-likeness (QED) is 0.870. The maximum absolute atomic E-state index is 12.2. The molecular formula is C18H24N2O3. The summed E-state index contributed by atoms with van der Waals surface area (Å²) >= 11 is 0. The highest BCUT2D eigenvalue weighted by Gasteiger charge is 2.34. The number of anilines is 1. The van der Waals surface area contributed by atoms with Gasteiger partial charge in [-0.2, -0.15) is 0 Å². The fraction of sp³-hybridized carbons (Fsp3) is 0.556. The molecule has 2 amide bonds. The van der Waals surface area contributed by atoms with E-state index in [2.05, 4.69) is 5.32 Å². The molecule has 5 heteroatoms. The van der Waals surface area contributed by atoms with Gasteiger partial charge in [0.1, 0.15) is 0 Å². The molecule has 0 radical (unpaired) electrons. The number of aliphatic hydroxyl groups excluding tert-OH is 1. The van der Waals surface area contributed by atoms with E-state index in [1.807, 2.05) is 24.3 Å². The Morgan fingerprint density at radius 2 is 1.87 bits per heavy atom. The van der Waals surface area contributed by atoms with Gasteiger partial charge in [-0.25, -0.2) is 0 Å². The molecule has 1 aromatic rings. The lowest BCUT2D eigenvalue weighted by Crippen LogP contribution is -2.49. The second kappa shape index (κ2) is 6.71. The molecule has 1 saturated heterocycles. The first kappa shape index (κ1) is 16.0. The number of amides is 2. The smallest absolute Gasteiger partial charge is 0.227 e. The van der Waals surface area contributed by atoms with E-state index in [-0.39, 0.29) is 18.4 Å². The van der Waals surface area contributed by atoms with Crippen LogP contribution >= 0.6 is 0 Å². The Balaban J connectivity index is 1.59. The summed E-state index contributed by atoms with van der Waals surface area (Å²) < 4.78 is 0. The van der Waals surface area contributed by atoms with Gasteiger partial charge in [0, 0.05) is 18.7 Å². The van der Waals surface area contributed by atoms with E-state index in [1.54, 1.807) is 4.90 Å². The zero-order valence-electron chi connectivity index (χ0n) is 13.4. The predicted octanol–water partition coefficient (Wildman–Crippen LogP) is 1.78. The fourth-order valence-corrected chi connectivity index (χ4v) is 3.61. The summed E-state index contributed by atoms with van der Waals surface area (Å²) in [4.78, 5) is 25.8. The molecule has 0 bridgehead atoms. The van der Waals surface area contributed by atoms with Crippen molar-refractivity contribution >= 4 is 17.5 Å². The normalized spacial score (nSPS) is 20.0. The number of hydrogen-bond acceptors (Lipinski definition) is 3. The number of aliphatic hydroxyl groups is 1. The first-order chi connectivity index (χ1) is 11.1. The van der Waals surface area contributed by atoms with Crippen LogP contribution in [0.2, 0.25) is 0 Å². The highest BCUT2D eigenvalue weighted by atomic mass is 16.3. The summed E-state index contributed by atoms with van der Waals surface area (Å²) in [7, 11) is 0. The lowest BCUT2D eigenvalue weighted by Gasteiger charge is -2.28. The van der Waals surface area contributed by atoms with Gasteiger partial charge in [-0.1, -0.05) is 25.0 Å². The van der Waals surface area contributed by atoms with Gasteiger partial charge in [0.05, 0.1) is 18.6 Å². The molecule has 2 aliphatic rings. The first-order valence-electron chi connectivity index (χ1n) is 8.43. The van der Waals surface area contributed by atoms with E-state index in [4.69, 9.17) is 0 Å². The van der Waals surface area contributed by atoms with Gasteiger partial charge in [-0.05, 0) is 37.0 Å². The molecule has 5 nitrogen and oxygen atoms in total. The van der Waals surface area contributed by atoms with E-state index < -0.39 is 5.54 Å². The van der Waals surface area contributed by atoms with Crippen LogP contribution in [0.4, 0.5) is 5.69 Å². The van der Waals surface area contributed by atoms with Gasteiger partial charge < -0.3 is 15.3 Å². The topological polar surface area (TPSA) is 69.6 Å². The highest BCUT2D eigenvalue weighted by Crippen LogP contribution is 2.29. The largest absolute Gasteiger partial charge is 0.394 e. The summed E-state index contributed by atoms with van der Waals surface area (Å²) in [5.41, 5.74) is 1.40. The second-order valence-corrected chi connectivity index (χ2v) is 6.69. The molecular weight excluding hydrogens is 292 g/mol. The molecule has 2 N–H and O–H groups in total. The van der Waals surface area contributed by atoms with Crippen LogP contribution in [0, 0.1) is 0 Å². The average Bonchev–Trinajstić information content (AvgIpc) is 3.18. The van der Waals surface area contributed by atoms with Crippen molar-refractivity contribution in [2.75, 3.05) is 18.1 Å². The molecule has 1 heterocycles. The number of hydrogen-bond donors (Lipinski definition) is 2. The molecule has 23 heavy (non-hydrogen) atoms. The minimum atomic E-state index is -0.418. The van der Waals surface area contributed by atoms with E-state index in [0.29, 0.717) is 12.8 Å². The third-order valence-corrected chi connectivity index (χ3v) is 4.95. The van der Waals surface area contributed by atoms with E-state index in [9.17, 15) is 14.7 Å². The molecule has 1 aromatic carbocycles. The minimum absolute atomic E-state index is 0.00868. The summed E-state index contributed by atoms with van der Waals surface area (Å²) in [6.45, 7) is 0.784. The maximum atomic E-state index is 12.2. The van der Waals surface area contributed by atoms with Crippen LogP contribution in [-0.2, 0) is 16.0 Å². The predicted molar refractivity (Wildman–Crippen MR) is 88.2 cm³/mol. The summed E-state index contributed by atoms with van der Waals surface area (Å²) in [5, 5.41) is 12.6. The molecule has 0 atom stereocenters. The number of carbonyl (C=O) groups is 2. The van der Waals surface area contributed by atoms with Crippen molar-refractivity contribution < 1.29 is 14.7 Å². The Bertz CT molecular complexity index is 576. The summed E-state index contributed by atoms with van der Waals surface area (Å²) in [6.07, 6.45) is 5.64. The Kier molecular flexibility index (Phi) is 4.66. The molecule has 2 fully saturated rings. The van der Waals surface area contributed by atoms with Gasteiger partial charge in [0.15, 0.2) is 0 Å². The Morgan fingerprint density at radius 1 is 1.17 bits per heavy atom. The molecule has 124 valence electrons. The van der Waals surface area contributed by atoms with E-state index in [1.165, 1.54) is 0 Å². The van der Waals surface area contributed by atoms with Gasteiger partial charge in [-0.15, -0.1) is 0 Å². The van der Waals surface area contributed by atoms with Crippen LogP contribution in [-0.4, -0.2) is 35.6 Å². The van der Waals surface area contributed by atoms with Crippen molar-refractivity contribution in [1.29, 1.82) is 0 Å². The molecule has 1 aliphatic carbocycles. The second-order valence-electron chi connectivity index (χ2n) is 6.69. The molecule has 1 aliphatic heterocycles. The van der Waals surface area contributed by atoms with Gasteiger partial charge in [0.2, 0.25) is 11.8 Å². The van der Waals surface area contributed by atoms with E-state index >= 15 is 0 Å². The Hall–Kier alpha value is -1.88. The summed E-state index contributed by atoms with van der Waals surface area (Å²) in [5.74, 6) is 0.118. The van der Waals surface area contributed by atoms with Crippen LogP contribution in [0.3, 0.4) is 0 Å². The fourth-order valence-electron chi connectivity index (χ4n) is 3.61. The molecule has 0 aromatic heterocycles. The monoisotopic (exact) mass is 316 g/mol. The van der Waals surface area contributed by atoms with Crippen LogP contribution < -0.4 is 10.2 Å². The highest BCUT2D eigenvalue weighted by molar-refractivity contribution is 5.95. The number of carbonyl (C=O) groups excluding carboxylic acids is 2. The number of nitrogens with one attached hydrogen (secondary N) is 1. The van der Waals surface area contributed by atoms with Crippen molar-refractivity contribution in [3.8, 4) is 0 Å². The van der Waals surface area contributed by atoms with Gasteiger partial charge in [-0.3, -0.25) is 9.59 Å². The van der Waals surface area contributed by atoms with Crippen molar-refractivity contribution in [3.63, 3.8) is 0 Å². The van der Waals surface area contributed by atoms with Crippen LogP contribution in [0.1, 0.15) is 44.1 Å². The number of benzene rings is 1. The van der Waals surface area contributed by atoms with Crippen molar-refractivity contribution in [3.05, 3.63) is 29.8 Å². The zero-order valence-corrected chi connectivity index (χ0v) is 13.4. The van der Waals surface area contributed by atoms with Crippen LogP contribution in [0.15, 0.2) is 24.3 Å². The lowest BCUT2D eigenvalue weighted by molar-refractivity contribution is -0.123. The standard InChI is InChI=1S/C18H24N2O3/c21-13-18(9-1-2-10-18)19-16(22)12-14-5-7-15(8-6-14)20-11-3-4-17(20)23/h5-8,21H,1-4,9-13H2,(H,19,22). The van der Waals surface area contributed by atoms with Crippen molar-refractivity contribution in [2.45, 2.75) is 50.5 Å². The van der Waals surface area contributed by atoms with E-state index in [0.717, 1.165) is 49.9 Å². The molecule has 3 rings (SSSR count). The third kappa shape index (κ3) is 3.55. The van der Waals surface area contributed by atoms with Crippen molar-refractivity contribution in [2.24, 2.45) is 0 Å². The molecule has 1 saturated carbocycles. The Labute approximate surface area is 136 Å². The number of rotatable bonds is 5. The SMILES string of the molecule is O=C(Cc1ccc(N2CCCC2=O)cc1)NC1(CO)CCCC1. The molecule has 0 spiro atoms. The third-order valence-electron chi connectivity index (χ3n) is 4.95. The van der Waals surface area contributed by atoms with Crippen molar-refractivity contribution in [1.82, 2.24) is 5.32 Å². The lowest BCUT2D eigenvalue weighted by atomic mass is 9.98. The minimum Gasteiger partial charge on any atom is -0.394 e. The summed E-state index contributed by atoms with van der Waals surface area (Å²) in [6, 6.07) is 7.62. The van der Waals surface area contributed by atoms with Crippen LogP contribution in [0.5, 0.6) is 0 Å². The number of nitrogens with zero attached hydrogens (tertiary/aromatic N) is 1.